The molecular formula is C28H26Cl3N3O. The van der Waals surface area contributed by atoms with Crippen LogP contribution in [-0.4, -0.2) is 42.0 Å². The second-order valence-corrected chi connectivity index (χ2v) is 10.6. The van der Waals surface area contributed by atoms with Crippen molar-refractivity contribution in [1.29, 1.82) is 0 Å². The highest BCUT2D eigenvalue weighted by Gasteiger charge is 2.46. The first-order valence-corrected chi connectivity index (χ1v) is 12.9. The van der Waals surface area contributed by atoms with Gasteiger partial charge in [-0.05, 0) is 74.3 Å². The van der Waals surface area contributed by atoms with Crippen molar-refractivity contribution in [2.75, 3.05) is 31.1 Å². The number of carbonyl (C=O) groups is 1. The van der Waals surface area contributed by atoms with Crippen molar-refractivity contribution >= 4 is 52.5 Å². The third kappa shape index (κ3) is 4.99. The van der Waals surface area contributed by atoms with Gasteiger partial charge in [0.1, 0.15) is 5.15 Å². The lowest BCUT2D eigenvalue weighted by molar-refractivity contribution is 0.0977. The maximum absolute atomic E-state index is 13.5. The van der Waals surface area contributed by atoms with Gasteiger partial charge in [0.2, 0.25) is 0 Å². The number of aromatic nitrogens is 1. The van der Waals surface area contributed by atoms with Gasteiger partial charge in [-0.1, -0.05) is 70.7 Å². The lowest BCUT2D eigenvalue weighted by Gasteiger charge is -2.39. The molecule has 3 aromatic rings. The molecule has 7 heteroatoms. The summed E-state index contributed by atoms with van der Waals surface area (Å²) >= 11 is 18.2. The number of anilines is 1. The number of hydrogen-bond acceptors (Lipinski definition) is 3. The van der Waals surface area contributed by atoms with Crippen LogP contribution in [0.25, 0.3) is 6.08 Å². The molecule has 1 spiro atoms. The molecule has 0 bridgehead atoms. The molecule has 35 heavy (non-hydrogen) atoms. The molecule has 0 aliphatic carbocycles. The number of benzene rings is 2. The number of pyridine rings is 1. The highest BCUT2D eigenvalue weighted by Crippen LogP contribution is 2.47. The normalized spacial score (nSPS) is 17.3. The number of aryl methyl sites for hydroxylation is 1. The zero-order valence-corrected chi connectivity index (χ0v) is 21.7. The van der Waals surface area contributed by atoms with Crippen LogP contribution in [-0.2, 0) is 5.41 Å². The van der Waals surface area contributed by atoms with Crippen LogP contribution in [0.5, 0.6) is 0 Å². The smallest absolute Gasteiger partial charge is 0.258 e. The number of piperidine rings is 1. The maximum atomic E-state index is 13.5. The third-order valence-corrected chi connectivity index (χ3v) is 8.07. The molecule has 0 radical (unpaired) electrons. The Labute approximate surface area is 221 Å². The van der Waals surface area contributed by atoms with Crippen molar-refractivity contribution in [2.45, 2.75) is 25.2 Å². The van der Waals surface area contributed by atoms with Crippen molar-refractivity contribution in [3.8, 4) is 0 Å². The van der Waals surface area contributed by atoms with Gasteiger partial charge in [-0.3, -0.25) is 9.69 Å². The number of fused-ring (bicyclic) bond motifs is 2. The largest absolute Gasteiger partial charge is 0.307 e. The number of hydrogen-bond donors (Lipinski definition) is 0. The summed E-state index contributed by atoms with van der Waals surface area (Å²) in [6.07, 6.45) is 7.85. The first-order valence-electron chi connectivity index (χ1n) is 11.7. The number of likely N-dealkylation sites (tertiary alicyclic amines) is 1. The highest BCUT2D eigenvalue weighted by molar-refractivity contribution is 6.42. The average Bonchev–Trinajstić information content (AvgIpc) is 3.15. The molecule has 2 aromatic carbocycles. The van der Waals surface area contributed by atoms with E-state index in [9.17, 15) is 4.79 Å². The number of halogens is 3. The molecule has 2 aliphatic heterocycles. The monoisotopic (exact) mass is 525 g/mol. The minimum atomic E-state index is -0.0300. The summed E-state index contributed by atoms with van der Waals surface area (Å²) < 4.78 is 0. The topological polar surface area (TPSA) is 36.4 Å². The van der Waals surface area contributed by atoms with E-state index >= 15 is 0 Å². The quantitative estimate of drug-likeness (QED) is 0.342. The minimum Gasteiger partial charge on any atom is -0.307 e. The average molecular weight is 527 g/mol. The number of nitrogens with zero attached hydrogens (tertiary/aromatic N) is 3. The van der Waals surface area contributed by atoms with Crippen molar-refractivity contribution in [3.05, 3.63) is 98.3 Å². The van der Waals surface area contributed by atoms with Crippen molar-refractivity contribution in [1.82, 2.24) is 9.88 Å². The molecule has 1 amide bonds. The summed E-state index contributed by atoms with van der Waals surface area (Å²) in [7, 11) is 0. The molecule has 1 fully saturated rings. The van der Waals surface area contributed by atoms with E-state index < -0.39 is 0 Å². The molecule has 0 N–H and O–H groups in total. The van der Waals surface area contributed by atoms with Crippen LogP contribution >= 0.6 is 34.8 Å². The summed E-state index contributed by atoms with van der Waals surface area (Å²) in [5, 5.41) is 1.46. The van der Waals surface area contributed by atoms with Gasteiger partial charge in [0.25, 0.3) is 5.91 Å². The van der Waals surface area contributed by atoms with Crippen LogP contribution in [0.2, 0.25) is 15.2 Å². The van der Waals surface area contributed by atoms with Gasteiger partial charge in [-0.15, -0.1) is 0 Å². The molecule has 1 aromatic heterocycles. The summed E-state index contributed by atoms with van der Waals surface area (Å²) in [4.78, 5) is 21.9. The van der Waals surface area contributed by atoms with E-state index in [4.69, 9.17) is 34.8 Å². The highest BCUT2D eigenvalue weighted by atomic mass is 35.5. The molecule has 4 nitrogen and oxygen atoms in total. The van der Waals surface area contributed by atoms with Gasteiger partial charge < -0.3 is 4.90 Å². The van der Waals surface area contributed by atoms with Crippen LogP contribution in [0.15, 0.2) is 60.8 Å². The predicted octanol–water partition coefficient (Wildman–Crippen LogP) is 7.06. The van der Waals surface area contributed by atoms with E-state index in [0.29, 0.717) is 27.3 Å². The Morgan fingerprint density at radius 3 is 2.57 bits per heavy atom. The second kappa shape index (κ2) is 9.94. The molecule has 5 rings (SSSR count). The first-order chi connectivity index (χ1) is 16.8. The minimum absolute atomic E-state index is 0.0248. The Kier molecular flexibility index (Phi) is 6.91. The molecule has 3 heterocycles. The predicted molar refractivity (Wildman–Crippen MR) is 145 cm³/mol. The van der Waals surface area contributed by atoms with Gasteiger partial charge in [0, 0.05) is 36.0 Å². The Morgan fingerprint density at radius 1 is 1.03 bits per heavy atom. The maximum Gasteiger partial charge on any atom is 0.258 e. The van der Waals surface area contributed by atoms with Gasteiger partial charge >= 0.3 is 0 Å². The van der Waals surface area contributed by atoms with E-state index in [1.54, 1.807) is 18.3 Å². The summed E-state index contributed by atoms with van der Waals surface area (Å²) in [5.41, 5.74) is 5.10. The molecule has 0 unspecified atom stereocenters. The van der Waals surface area contributed by atoms with Crippen LogP contribution in [0.4, 0.5) is 5.69 Å². The van der Waals surface area contributed by atoms with Gasteiger partial charge in [-0.2, -0.15) is 0 Å². The molecule has 180 valence electrons. The van der Waals surface area contributed by atoms with Crippen LogP contribution in [0.1, 0.15) is 39.9 Å². The number of rotatable bonds is 4. The summed E-state index contributed by atoms with van der Waals surface area (Å²) in [6.45, 7) is 5.63. The fourth-order valence-electron chi connectivity index (χ4n) is 5.20. The van der Waals surface area contributed by atoms with Crippen LogP contribution in [0, 0.1) is 6.92 Å². The first kappa shape index (κ1) is 24.3. The van der Waals surface area contributed by atoms with Crippen molar-refractivity contribution < 1.29 is 4.79 Å². The van der Waals surface area contributed by atoms with Crippen molar-refractivity contribution in [3.63, 3.8) is 0 Å². The lowest BCUT2D eigenvalue weighted by Crippen LogP contribution is -2.46. The Balaban J connectivity index is 1.31. The second-order valence-electron chi connectivity index (χ2n) is 9.44. The fourth-order valence-corrected chi connectivity index (χ4v) is 5.68. The SMILES string of the molecule is Cc1ccc2c(c1)C1(CCN(C/C=C/c3ccc(Cl)c(Cl)c3)CC1)CN2C(=O)c1ccnc(Cl)c1. The van der Waals surface area contributed by atoms with E-state index in [1.165, 1.54) is 11.1 Å². The Morgan fingerprint density at radius 2 is 1.83 bits per heavy atom. The lowest BCUT2D eigenvalue weighted by atomic mass is 9.74. The zero-order chi connectivity index (χ0) is 24.6. The molecular weight excluding hydrogens is 501 g/mol. The summed E-state index contributed by atoms with van der Waals surface area (Å²) in [6, 6.07) is 15.5. The number of amides is 1. The van der Waals surface area contributed by atoms with Crippen molar-refractivity contribution in [2.24, 2.45) is 0 Å². The summed E-state index contributed by atoms with van der Waals surface area (Å²) in [5.74, 6) is -0.0248. The molecule has 2 aliphatic rings. The van der Waals surface area contributed by atoms with E-state index in [2.05, 4.69) is 47.2 Å². The molecule has 0 atom stereocenters. The van der Waals surface area contributed by atoms with Crippen LogP contribution in [0.3, 0.4) is 0 Å². The van der Waals surface area contributed by atoms with Gasteiger partial charge in [-0.25, -0.2) is 4.98 Å². The number of carbonyl (C=O) groups excluding carboxylic acids is 1. The standard InChI is InChI=1S/C28H26Cl3N3O/c1-19-4-7-25-22(15-19)28(18-34(25)27(35)21-8-11-32-26(31)17-21)9-13-33(14-10-28)12-2-3-20-5-6-23(29)24(30)16-20/h2-8,11,15-17H,9-10,12-14,18H2,1H3/b3-2+. The fraction of sp³-hybridized carbons (Fsp3) is 0.286. The van der Waals surface area contributed by atoms with E-state index in [-0.39, 0.29) is 11.3 Å². The third-order valence-electron chi connectivity index (χ3n) is 7.12. The van der Waals surface area contributed by atoms with E-state index in [0.717, 1.165) is 43.7 Å². The Bertz CT molecular complexity index is 1300. The van der Waals surface area contributed by atoms with Crippen LogP contribution < -0.4 is 4.90 Å². The molecule has 0 saturated carbocycles. The molecule has 1 saturated heterocycles. The zero-order valence-electron chi connectivity index (χ0n) is 19.5. The van der Waals surface area contributed by atoms with Gasteiger partial charge in [0.05, 0.1) is 10.0 Å². The van der Waals surface area contributed by atoms with Gasteiger partial charge in [0.15, 0.2) is 0 Å². The Hall–Kier alpha value is -2.37. The van der Waals surface area contributed by atoms with E-state index in [1.807, 2.05) is 23.1 Å².